The molecule has 0 unspecified atom stereocenters. The van der Waals surface area contributed by atoms with Crippen LogP contribution in [-0.2, 0) is 5.41 Å². The number of hydrogen-bond donors (Lipinski definition) is 1. The number of benzene rings is 1. The molecule has 0 aliphatic heterocycles. The first-order valence-electron chi connectivity index (χ1n) is 6.25. The molecule has 0 atom stereocenters. The number of aliphatic imine (C=N–C) groups is 1. The second-order valence-corrected chi connectivity index (χ2v) is 5.51. The molecule has 0 amide bonds. The highest BCUT2D eigenvalue weighted by Gasteiger charge is 2.19. The number of nitrogens with one attached hydrogen (secondary N) is 1. The summed E-state index contributed by atoms with van der Waals surface area (Å²) in [5.41, 5.74) is 3.15. The Kier molecular flexibility index (Phi) is 4.70. The van der Waals surface area contributed by atoms with E-state index in [1.807, 2.05) is 6.92 Å². The average molecular weight is 261 g/mol. The summed E-state index contributed by atoms with van der Waals surface area (Å²) in [6.45, 7) is 8.52. The number of aryl methyl sites for hydroxylation is 1. The fourth-order valence-corrected chi connectivity index (χ4v) is 1.94. The third-order valence-corrected chi connectivity index (χ3v) is 2.98. The van der Waals surface area contributed by atoms with E-state index in [4.69, 9.17) is 10.1 Å². The maximum atomic E-state index is 7.52. The summed E-state index contributed by atoms with van der Waals surface area (Å²) in [6, 6.07) is 4.19. The fourth-order valence-electron chi connectivity index (χ4n) is 1.94. The van der Waals surface area contributed by atoms with E-state index >= 15 is 0 Å². The van der Waals surface area contributed by atoms with Gasteiger partial charge in [-0.05, 0) is 29.5 Å². The molecule has 0 saturated carbocycles. The van der Waals surface area contributed by atoms with Gasteiger partial charge in [-0.3, -0.25) is 15.3 Å². The van der Waals surface area contributed by atoms with Crippen LogP contribution in [0.3, 0.4) is 0 Å². The van der Waals surface area contributed by atoms with Crippen LogP contribution >= 0.6 is 0 Å². The minimum atomic E-state index is 0.0445. The minimum Gasteiger partial charge on any atom is -0.494 e. The third-order valence-electron chi connectivity index (χ3n) is 2.98. The van der Waals surface area contributed by atoms with Crippen molar-refractivity contribution in [3.05, 3.63) is 23.3 Å². The summed E-state index contributed by atoms with van der Waals surface area (Å²) in [5, 5.41) is 7.52. The van der Waals surface area contributed by atoms with Crippen molar-refractivity contribution in [3.8, 4) is 5.75 Å². The maximum absolute atomic E-state index is 7.52. The van der Waals surface area contributed by atoms with Crippen LogP contribution in [0, 0.1) is 12.3 Å². The van der Waals surface area contributed by atoms with Crippen LogP contribution in [0.15, 0.2) is 17.1 Å². The Bertz CT molecular complexity index is 487. The summed E-state index contributed by atoms with van der Waals surface area (Å²) < 4.78 is 5.47. The van der Waals surface area contributed by atoms with Gasteiger partial charge in [0.2, 0.25) is 0 Å². The Morgan fingerprint density at radius 1 is 1.32 bits per heavy atom. The molecule has 1 rings (SSSR count). The van der Waals surface area contributed by atoms with Crippen LogP contribution in [0.1, 0.15) is 31.9 Å². The SMILES string of the molecule is C/N=C\N(C=N)c1cc(C(C)(C)C)cc(C)c1OC. The Labute approximate surface area is 115 Å². The Balaban J connectivity index is 3.50. The van der Waals surface area contributed by atoms with Gasteiger partial charge in [-0.2, -0.15) is 0 Å². The smallest absolute Gasteiger partial charge is 0.145 e. The largest absolute Gasteiger partial charge is 0.494 e. The van der Waals surface area contributed by atoms with Crippen molar-refractivity contribution >= 4 is 18.4 Å². The molecule has 0 aromatic heterocycles. The fraction of sp³-hybridized carbons (Fsp3) is 0.467. The molecule has 104 valence electrons. The van der Waals surface area contributed by atoms with Gasteiger partial charge in [0.1, 0.15) is 5.75 Å². The highest BCUT2D eigenvalue weighted by molar-refractivity contribution is 6.00. The van der Waals surface area contributed by atoms with Gasteiger partial charge in [0, 0.05) is 7.05 Å². The summed E-state index contributed by atoms with van der Waals surface area (Å²) in [4.78, 5) is 5.63. The lowest BCUT2D eigenvalue weighted by Crippen LogP contribution is -2.21. The van der Waals surface area contributed by atoms with Crippen LogP contribution in [0.25, 0.3) is 0 Å². The predicted molar refractivity (Wildman–Crippen MR) is 82.1 cm³/mol. The van der Waals surface area contributed by atoms with Crippen molar-refractivity contribution in [1.29, 1.82) is 5.41 Å². The number of nitrogens with zero attached hydrogens (tertiary/aromatic N) is 2. The zero-order valence-corrected chi connectivity index (χ0v) is 12.6. The average Bonchev–Trinajstić information content (AvgIpc) is 2.33. The molecular weight excluding hydrogens is 238 g/mol. The molecular formula is C15H23N3O. The third kappa shape index (κ3) is 3.34. The molecule has 4 nitrogen and oxygen atoms in total. The molecule has 0 aliphatic rings. The molecule has 0 aliphatic carbocycles. The molecule has 1 aromatic carbocycles. The van der Waals surface area contributed by atoms with E-state index in [2.05, 4.69) is 37.9 Å². The first-order chi connectivity index (χ1) is 8.85. The predicted octanol–water partition coefficient (Wildman–Crippen LogP) is 3.37. The Morgan fingerprint density at radius 3 is 2.37 bits per heavy atom. The zero-order valence-electron chi connectivity index (χ0n) is 12.6. The second-order valence-electron chi connectivity index (χ2n) is 5.51. The first-order valence-corrected chi connectivity index (χ1v) is 6.25. The first kappa shape index (κ1) is 15.2. The van der Waals surface area contributed by atoms with E-state index in [1.54, 1.807) is 25.4 Å². The molecule has 0 radical (unpaired) electrons. The van der Waals surface area contributed by atoms with E-state index < -0.39 is 0 Å². The summed E-state index contributed by atoms with van der Waals surface area (Å²) in [6.07, 6.45) is 2.84. The molecule has 0 saturated heterocycles. The van der Waals surface area contributed by atoms with Crippen LogP contribution < -0.4 is 9.64 Å². The van der Waals surface area contributed by atoms with Gasteiger partial charge in [-0.25, -0.2) is 0 Å². The van der Waals surface area contributed by atoms with Crippen molar-refractivity contribution in [2.45, 2.75) is 33.1 Å². The Morgan fingerprint density at radius 2 is 1.95 bits per heavy atom. The van der Waals surface area contributed by atoms with Crippen LogP contribution in [0.5, 0.6) is 5.75 Å². The topological polar surface area (TPSA) is 48.7 Å². The molecule has 1 aromatic rings. The van der Waals surface area contributed by atoms with Gasteiger partial charge in [0.15, 0.2) is 0 Å². The standard InChI is InChI=1S/C15H23N3O/c1-11-7-12(15(2,3)4)8-13(14(11)19-6)18(9-16)10-17-5/h7-10,16H,1-6H3/b16-9?,17-10-. The summed E-state index contributed by atoms with van der Waals surface area (Å²) >= 11 is 0. The lowest BCUT2D eigenvalue weighted by atomic mass is 9.85. The van der Waals surface area contributed by atoms with Crippen molar-refractivity contribution in [1.82, 2.24) is 0 Å². The molecule has 19 heavy (non-hydrogen) atoms. The summed E-state index contributed by atoms with van der Waals surface area (Å²) in [7, 11) is 3.33. The molecule has 0 bridgehead atoms. The van der Waals surface area contributed by atoms with Crippen LogP contribution in [-0.4, -0.2) is 26.8 Å². The molecule has 0 heterocycles. The van der Waals surface area contributed by atoms with Gasteiger partial charge in [0.05, 0.1) is 25.5 Å². The van der Waals surface area contributed by atoms with Crippen molar-refractivity contribution in [3.63, 3.8) is 0 Å². The lowest BCUT2D eigenvalue weighted by Gasteiger charge is -2.25. The van der Waals surface area contributed by atoms with Gasteiger partial charge >= 0.3 is 0 Å². The molecule has 0 spiro atoms. The van der Waals surface area contributed by atoms with Crippen molar-refractivity contribution in [2.24, 2.45) is 4.99 Å². The number of anilines is 1. The van der Waals surface area contributed by atoms with E-state index in [0.29, 0.717) is 0 Å². The highest BCUT2D eigenvalue weighted by atomic mass is 16.5. The van der Waals surface area contributed by atoms with Crippen molar-refractivity contribution < 1.29 is 4.74 Å². The van der Waals surface area contributed by atoms with E-state index in [-0.39, 0.29) is 5.41 Å². The number of rotatable bonds is 4. The maximum Gasteiger partial charge on any atom is 0.145 e. The normalized spacial score (nSPS) is 11.7. The highest BCUT2D eigenvalue weighted by Crippen LogP contribution is 2.36. The molecule has 0 fully saturated rings. The molecule has 4 heteroatoms. The molecule has 1 N–H and O–H groups in total. The monoisotopic (exact) mass is 261 g/mol. The number of methoxy groups -OCH3 is 1. The number of hydrogen-bond acceptors (Lipinski definition) is 3. The second kappa shape index (κ2) is 5.87. The van der Waals surface area contributed by atoms with E-state index in [1.165, 1.54) is 11.9 Å². The minimum absolute atomic E-state index is 0.0445. The quantitative estimate of drug-likeness (QED) is 0.667. The Hall–Kier alpha value is -1.84. The number of ether oxygens (including phenoxy) is 1. The van der Waals surface area contributed by atoms with Gasteiger partial charge in [-0.1, -0.05) is 26.8 Å². The van der Waals surface area contributed by atoms with Gasteiger partial charge in [-0.15, -0.1) is 0 Å². The van der Waals surface area contributed by atoms with Gasteiger partial charge < -0.3 is 4.74 Å². The van der Waals surface area contributed by atoms with Crippen LogP contribution in [0.4, 0.5) is 5.69 Å². The van der Waals surface area contributed by atoms with Crippen molar-refractivity contribution in [2.75, 3.05) is 19.1 Å². The van der Waals surface area contributed by atoms with E-state index in [0.717, 1.165) is 17.0 Å². The zero-order chi connectivity index (χ0) is 14.6. The lowest BCUT2D eigenvalue weighted by molar-refractivity contribution is 0.412. The summed E-state index contributed by atoms with van der Waals surface area (Å²) in [5.74, 6) is 0.774. The van der Waals surface area contributed by atoms with E-state index in [9.17, 15) is 0 Å². The van der Waals surface area contributed by atoms with Gasteiger partial charge in [0.25, 0.3) is 0 Å². The van der Waals surface area contributed by atoms with Crippen LogP contribution in [0.2, 0.25) is 0 Å².